The Hall–Kier alpha value is -1.75. The van der Waals surface area contributed by atoms with Gasteiger partial charge >= 0.3 is 5.97 Å². The lowest BCUT2D eigenvalue weighted by molar-refractivity contribution is 0.0600. The summed E-state index contributed by atoms with van der Waals surface area (Å²) in [6, 6.07) is 7.39. The van der Waals surface area contributed by atoms with Crippen LogP contribution in [0.15, 0.2) is 24.3 Å². The molecule has 0 bridgehead atoms. The van der Waals surface area contributed by atoms with E-state index in [1.54, 1.807) is 6.07 Å². The molecule has 0 amide bonds. The summed E-state index contributed by atoms with van der Waals surface area (Å²) in [5, 5.41) is 0. The monoisotopic (exact) mass is 216 g/mol. The van der Waals surface area contributed by atoms with Crippen LogP contribution in [0, 0.1) is 11.8 Å². The molecule has 0 saturated carbocycles. The Morgan fingerprint density at radius 1 is 1.38 bits per heavy atom. The molecule has 2 nitrogen and oxygen atoms in total. The summed E-state index contributed by atoms with van der Waals surface area (Å²) in [6.45, 7) is 5.87. The fourth-order valence-electron chi connectivity index (χ4n) is 1.54. The van der Waals surface area contributed by atoms with Crippen molar-refractivity contribution in [1.29, 1.82) is 0 Å². The average molecular weight is 216 g/mol. The van der Waals surface area contributed by atoms with Crippen LogP contribution in [0.4, 0.5) is 0 Å². The molecule has 1 rings (SSSR count). The molecule has 84 valence electrons. The highest BCUT2D eigenvalue weighted by Crippen LogP contribution is 2.23. The molecule has 0 fully saturated rings. The van der Waals surface area contributed by atoms with Gasteiger partial charge in [0.25, 0.3) is 0 Å². The van der Waals surface area contributed by atoms with Gasteiger partial charge in [0.1, 0.15) is 0 Å². The smallest absolute Gasteiger partial charge is 0.337 e. The van der Waals surface area contributed by atoms with Gasteiger partial charge in [0.05, 0.1) is 18.1 Å². The van der Waals surface area contributed by atoms with Crippen LogP contribution < -0.4 is 0 Å². The van der Waals surface area contributed by atoms with Crippen molar-refractivity contribution in [2.75, 3.05) is 7.11 Å². The molecule has 0 atom stereocenters. The van der Waals surface area contributed by atoms with Crippen LogP contribution in [0.5, 0.6) is 0 Å². The number of carbonyl (C=O) groups excluding carboxylic acids is 1. The molecule has 0 unspecified atom stereocenters. The Morgan fingerprint density at radius 3 is 2.62 bits per heavy atom. The lowest BCUT2D eigenvalue weighted by Crippen LogP contribution is -2.15. The number of methoxy groups -OCH3 is 1. The van der Waals surface area contributed by atoms with Crippen molar-refractivity contribution in [1.82, 2.24) is 0 Å². The van der Waals surface area contributed by atoms with Gasteiger partial charge in [-0.25, -0.2) is 4.79 Å². The van der Waals surface area contributed by atoms with Gasteiger partial charge in [-0.2, -0.15) is 0 Å². The third-order valence-electron chi connectivity index (χ3n) is 2.44. The third-order valence-corrected chi connectivity index (χ3v) is 2.44. The molecule has 0 heterocycles. The fraction of sp³-hybridized carbons (Fsp3) is 0.357. The van der Waals surface area contributed by atoms with Gasteiger partial charge in [0, 0.05) is 0 Å². The number of carbonyl (C=O) groups is 1. The summed E-state index contributed by atoms with van der Waals surface area (Å²) in [6.07, 6.45) is 0. The summed E-state index contributed by atoms with van der Waals surface area (Å²) >= 11 is 0. The zero-order chi connectivity index (χ0) is 12.2. The average Bonchev–Trinajstić information content (AvgIpc) is 2.28. The molecule has 0 N–H and O–H groups in total. The number of ether oxygens (including phenoxy) is 1. The number of hydrogen-bond donors (Lipinski definition) is 0. The molecule has 0 saturated heterocycles. The first-order valence-corrected chi connectivity index (χ1v) is 5.14. The first-order valence-electron chi connectivity index (χ1n) is 5.14. The number of hydrogen-bond acceptors (Lipinski definition) is 2. The maximum atomic E-state index is 11.4. The second-order valence-corrected chi connectivity index (χ2v) is 4.07. The van der Waals surface area contributed by atoms with E-state index < -0.39 is 0 Å². The molecule has 0 aliphatic heterocycles. The summed E-state index contributed by atoms with van der Waals surface area (Å²) in [7, 11) is 1.38. The fourth-order valence-corrected chi connectivity index (χ4v) is 1.54. The van der Waals surface area contributed by atoms with Crippen molar-refractivity contribution >= 4 is 5.97 Å². The highest BCUT2D eigenvalue weighted by Gasteiger charge is 2.18. The van der Waals surface area contributed by atoms with Crippen molar-refractivity contribution in [3.05, 3.63) is 35.4 Å². The van der Waals surface area contributed by atoms with Gasteiger partial charge in [-0.05, 0) is 38.5 Å². The largest absolute Gasteiger partial charge is 0.465 e. The van der Waals surface area contributed by atoms with E-state index >= 15 is 0 Å². The highest BCUT2D eigenvalue weighted by molar-refractivity contribution is 5.89. The zero-order valence-corrected chi connectivity index (χ0v) is 10.1. The first kappa shape index (κ1) is 12.3. The van der Waals surface area contributed by atoms with Crippen LogP contribution in [0.25, 0.3) is 0 Å². The van der Waals surface area contributed by atoms with Crippen LogP contribution >= 0.6 is 0 Å². The molecule has 0 spiro atoms. The molecule has 0 aliphatic carbocycles. The number of rotatable bonds is 2. The molecular formula is C14H16O2. The van der Waals surface area contributed by atoms with E-state index in [-0.39, 0.29) is 11.4 Å². The maximum absolute atomic E-state index is 11.4. The first-order chi connectivity index (χ1) is 7.51. The summed E-state index contributed by atoms with van der Waals surface area (Å²) in [5.41, 5.74) is 1.33. The van der Waals surface area contributed by atoms with Gasteiger partial charge in [-0.3, -0.25) is 0 Å². The van der Waals surface area contributed by atoms with Crippen molar-refractivity contribution in [3.8, 4) is 11.8 Å². The lowest BCUT2D eigenvalue weighted by Gasteiger charge is -2.18. The summed E-state index contributed by atoms with van der Waals surface area (Å²) in [4.78, 5) is 11.4. The minimum atomic E-state index is -0.317. The summed E-state index contributed by atoms with van der Waals surface area (Å²) < 4.78 is 4.69. The second kappa shape index (κ2) is 4.85. The van der Waals surface area contributed by atoms with Gasteiger partial charge in [0.2, 0.25) is 0 Å². The quantitative estimate of drug-likeness (QED) is 0.561. The van der Waals surface area contributed by atoms with E-state index in [1.807, 2.05) is 39.0 Å². The second-order valence-electron chi connectivity index (χ2n) is 4.07. The van der Waals surface area contributed by atoms with Gasteiger partial charge in [0.15, 0.2) is 0 Å². The molecule has 0 radical (unpaired) electrons. The molecule has 0 aliphatic rings. The van der Waals surface area contributed by atoms with Crippen LogP contribution in [0.1, 0.15) is 36.7 Å². The van der Waals surface area contributed by atoms with Crippen molar-refractivity contribution in [3.63, 3.8) is 0 Å². The van der Waals surface area contributed by atoms with Crippen LogP contribution in [-0.2, 0) is 10.2 Å². The normalized spacial score (nSPS) is 10.2. The zero-order valence-electron chi connectivity index (χ0n) is 10.1. The van der Waals surface area contributed by atoms with Gasteiger partial charge < -0.3 is 4.74 Å². The SMILES string of the molecule is CC#CC(C)(C)c1cccc(C(=O)OC)c1. The standard InChI is InChI=1S/C14H16O2/c1-5-9-14(2,3)12-8-6-7-11(10-12)13(15)16-4/h6-8,10H,1-4H3. The van der Waals surface area contributed by atoms with Crippen molar-refractivity contribution in [2.45, 2.75) is 26.2 Å². The Bertz CT molecular complexity index is 447. The molecule has 0 aromatic heterocycles. The van der Waals surface area contributed by atoms with E-state index in [2.05, 4.69) is 16.6 Å². The minimum Gasteiger partial charge on any atom is -0.465 e. The Balaban J connectivity index is 3.15. The number of esters is 1. The maximum Gasteiger partial charge on any atom is 0.337 e. The predicted octanol–water partition coefficient (Wildman–Crippen LogP) is 2.77. The topological polar surface area (TPSA) is 26.3 Å². The van der Waals surface area contributed by atoms with Crippen LogP contribution in [-0.4, -0.2) is 13.1 Å². The number of benzene rings is 1. The Kier molecular flexibility index (Phi) is 3.73. The van der Waals surface area contributed by atoms with Crippen molar-refractivity contribution in [2.24, 2.45) is 0 Å². The van der Waals surface area contributed by atoms with E-state index in [1.165, 1.54) is 7.11 Å². The van der Waals surface area contributed by atoms with E-state index in [0.29, 0.717) is 5.56 Å². The van der Waals surface area contributed by atoms with Gasteiger partial charge in [-0.1, -0.05) is 18.1 Å². The Labute approximate surface area is 96.6 Å². The molecule has 16 heavy (non-hydrogen) atoms. The van der Waals surface area contributed by atoms with Crippen LogP contribution in [0.3, 0.4) is 0 Å². The van der Waals surface area contributed by atoms with Crippen LogP contribution in [0.2, 0.25) is 0 Å². The highest BCUT2D eigenvalue weighted by atomic mass is 16.5. The van der Waals surface area contributed by atoms with Crippen molar-refractivity contribution < 1.29 is 9.53 Å². The molecular weight excluding hydrogens is 200 g/mol. The lowest BCUT2D eigenvalue weighted by atomic mass is 9.84. The van der Waals surface area contributed by atoms with E-state index in [4.69, 9.17) is 0 Å². The molecule has 2 heteroatoms. The molecule has 1 aromatic rings. The third kappa shape index (κ3) is 2.64. The summed E-state index contributed by atoms with van der Waals surface area (Å²) in [5.74, 6) is 5.71. The minimum absolute atomic E-state index is 0.251. The predicted molar refractivity (Wildman–Crippen MR) is 64.3 cm³/mol. The molecule has 1 aromatic carbocycles. The van der Waals surface area contributed by atoms with E-state index in [0.717, 1.165) is 5.56 Å². The van der Waals surface area contributed by atoms with E-state index in [9.17, 15) is 4.79 Å². The van der Waals surface area contributed by atoms with Gasteiger partial charge in [-0.15, -0.1) is 5.92 Å². The Morgan fingerprint density at radius 2 is 2.06 bits per heavy atom.